The fourth-order valence-corrected chi connectivity index (χ4v) is 12.8. The molecule has 0 aliphatic carbocycles. The number of ether oxygens (including phenoxy) is 4. The van der Waals surface area contributed by atoms with Crippen LogP contribution in [-0.4, -0.2) is 232 Å². The van der Waals surface area contributed by atoms with E-state index in [0.717, 1.165) is 90.0 Å². The number of hydrogen-bond acceptors (Lipinski definition) is 40. The minimum Gasteiger partial charge on any atom is -0.504 e. The number of carbonyl (C=O) groups is 4. The second kappa shape index (κ2) is 46.1. The van der Waals surface area contributed by atoms with Gasteiger partial charge in [-0.15, -0.1) is 6.58 Å². The molecule has 0 aliphatic rings. The number of allylic oxidation sites excluding steroid dienone is 1. The van der Waals surface area contributed by atoms with Crippen LogP contribution in [0.2, 0.25) is 0 Å². The molecule has 0 aliphatic heterocycles. The first-order valence-corrected chi connectivity index (χ1v) is 40.7. The number of benzene rings is 8. The molecule has 0 saturated heterocycles. The lowest BCUT2D eigenvalue weighted by Crippen LogP contribution is -2.56. The van der Waals surface area contributed by atoms with Crippen LogP contribution in [0.1, 0.15) is 54.1 Å². The number of rotatable bonds is 32. The third-order valence-electron chi connectivity index (χ3n) is 20.2. The highest BCUT2D eigenvalue weighted by molar-refractivity contribution is 5.91. The van der Waals surface area contributed by atoms with Crippen molar-refractivity contribution in [3.05, 3.63) is 329 Å². The zero-order chi connectivity index (χ0) is 103. The van der Waals surface area contributed by atoms with E-state index >= 15 is 0 Å². The molecule has 12 aromatic rings. The predicted octanol–water partition coefficient (Wildman–Crippen LogP) is -4.30. The van der Waals surface area contributed by atoms with Gasteiger partial charge in [0, 0.05) is 21.1 Å². The smallest absolute Gasteiger partial charge is 0.338 e. The zero-order valence-electron chi connectivity index (χ0n) is 73.5. The van der Waals surface area contributed by atoms with Crippen molar-refractivity contribution in [2.45, 2.75) is 96.2 Å². The van der Waals surface area contributed by atoms with E-state index in [0.29, 0.717) is 60.8 Å². The molecule has 0 fully saturated rings. The largest absolute Gasteiger partial charge is 0.504 e. The molecule has 0 saturated carbocycles. The van der Waals surface area contributed by atoms with Crippen LogP contribution in [0.4, 0.5) is 0 Å². The summed E-state index contributed by atoms with van der Waals surface area (Å²) in [6, 6.07) is 29.0. The fraction of sp³-hybridized carbons (Fsp3) is 0.250. The highest BCUT2D eigenvalue weighted by Crippen LogP contribution is 2.32. The Morgan fingerprint density at radius 3 is 0.686 bits per heavy atom. The maximum atomic E-state index is 12.9. The van der Waals surface area contributed by atoms with Gasteiger partial charge < -0.3 is 121 Å². The Morgan fingerprint density at radius 1 is 0.257 bits per heavy atom. The first kappa shape index (κ1) is 105. The lowest BCUT2D eigenvalue weighted by Gasteiger charge is -2.17. The van der Waals surface area contributed by atoms with Crippen molar-refractivity contribution in [2.75, 3.05) is 26.4 Å². The fourth-order valence-electron chi connectivity index (χ4n) is 12.8. The minimum absolute atomic E-state index is 0.139. The van der Waals surface area contributed by atoms with Gasteiger partial charge in [-0.3, -0.25) is 9.59 Å². The van der Waals surface area contributed by atoms with Crippen molar-refractivity contribution >= 4 is 23.9 Å². The molecule has 0 amide bonds. The Morgan fingerprint density at radius 2 is 0.450 bits per heavy atom. The molecular formula is C88H90N12O40. The third kappa shape index (κ3) is 26.4. The van der Waals surface area contributed by atoms with Gasteiger partial charge in [0.2, 0.25) is 0 Å². The summed E-state index contributed by atoms with van der Waals surface area (Å²) in [5.41, 5.74) is -10.2. The first-order chi connectivity index (χ1) is 66.0. The molecule has 0 bridgehead atoms. The Balaban J connectivity index is 0.000000211. The van der Waals surface area contributed by atoms with E-state index in [1.54, 1.807) is 0 Å². The molecule has 20 N–H and O–H groups in total. The molecule has 0 radical (unpaired) electrons. The molecule has 4 atom stereocenters. The highest BCUT2D eigenvalue weighted by atomic mass is 16.6. The van der Waals surface area contributed by atoms with Crippen molar-refractivity contribution in [3.63, 3.8) is 0 Å². The lowest BCUT2D eigenvalue weighted by atomic mass is 10.1. The number of aliphatic hydroxyl groups is 4. The normalized spacial score (nSPS) is 11.8. The average molecular weight is 1960 g/mol. The number of aromatic nitrogens is 12. The van der Waals surface area contributed by atoms with Gasteiger partial charge in [0.1, 0.15) is 50.8 Å². The van der Waals surface area contributed by atoms with Crippen molar-refractivity contribution in [3.8, 4) is 92.0 Å². The molecule has 4 aromatic heterocycles. The van der Waals surface area contributed by atoms with Gasteiger partial charge in [-0.05, 0) is 143 Å². The molecule has 742 valence electrons. The lowest BCUT2D eigenvalue weighted by molar-refractivity contribution is -0.146. The van der Waals surface area contributed by atoms with Crippen LogP contribution in [0, 0.1) is 0 Å². The van der Waals surface area contributed by atoms with Crippen LogP contribution >= 0.6 is 0 Å². The Labute approximate surface area is 780 Å². The van der Waals surface area contributed by atoms with Gasteiger partial charge in [-0.2, -0.15) is 0 Å². The Kier molecular flexibility index (Phi) is 34.7. The van der Waals surface area contributed by atoms with Gasteiger partial charge in [-0.25, -0.2) is 122 Å². The molecule has 52 heteroatoms. The second-order valence-corrected chi connectivity index (χ2v) is 30.6. The number of aliphatic hydroxyl groups excluding tert-OH is 4. The first-order valence-electron chi connectivity index (χ1n) is 40.7. The van der Waals surface area contributed by atoms with E-state index in [1.165, 1.54) is 110 Å². The van der Waals surface area contributed by atoms with Crippen molar-refractivity contribution in [1.82, 2.24) is 54.8 Å². The van der Waals surface area contributed by atoms with E-state index in [-0.39, 0.29) is 91.2 Å². The van der Waals surface area contributed by atoms with Crippen molar-refractivity contribution in [1.29, 1.82) is 0 Å². The summed E-state index contributed by atoms with van der Waals surface area (Å²) in [7, 11) is 3.33. The van der Waals surface area contributed by atoms with E-state index in [4.69, 9.17) is 18.9 Å². The average Bonchev–Trinajstić information content (AvgIpc) is 0.787. The van der Waals surface area contributed by atoms with Gasteiger partial charge in [0.15, 0.2) is 92.0 Å². The van der Waals surface area contributed by atoms with Gasteiger partial charge in [-0.1, -0.05) is 42.5 Å². The number of esters is 4. The van der Waals surface area contributed by atoms with Crippen molar-refractivity contribution < 1.29 is 140 Å². The monoisotopic (exact) mass is 1950 g/mol. The number of nitrogens with zero attached hydrogens (tertiary/aromatic N) is 12. The SMILES string of the molecule is C=CCn1c(=O)n(Cc2ccc(O)c(O)c2)c(=O)n(Cc2ccc(O)c(O)c2)c1=O.Cn1c(=O)n(CC(O)COC(=O)Cc2ccc(O)c(O)c2)c(=O)n(CC(O)COC(=O)Cc2ccc(O)c(O)c2)c1=O.Cn1c(=O)n(CC(O)COC(=O)c2ccc(O)c(O)c2)c(=O)n(CC(O)COC(=O)c2ccc(O)c(O)c2)c1=O.Cn1c(=O)n(Cc2ccc(O)c(O)c2)c(=O)n(Cc2ccc(O)c(O)c2)c1=O. The van der Waals surface area contributed by atoms with E-state index in [9.17, 15) is 179 Å². The quantitative estimate of drug-likeness (QED) is 0.00821. The van der Waals surface area contributed by atoms with Crippen LogP contribution < -0.4 is 68.3 Å². The molecule has 4 heterocycles. The summed E-state index contributed by atoms with van der Waals surface area (Å²) in [5.74, 6) is -10.4. The zero-order valence-corrected chi connectivity index (χ0v) is 73.5. The number of phenols is 16. The van der Waals surface area contributed by atoms with E-state index < -0.39 is 227 Å². The maximum absolute atomic E-state index is 12.9. The standard InChI is InChI=1S/C26H29N3O13.C24H25N3O13.C20H19N3O7.C18H17N3O7/c1-27-24(38)28(10-16(30)12-41-22(36)8-14-2-4-18(32)20(34)6-14)26(40)29(25(27)39)11-17(31)13-42-23(37)9-15-3-5-19(33)21(35)7-15;1-25-22(36)26(8-14(28)10-39-20(34)12-2-4-16(30)18(32)6-12)24(38)27(23(25)37)9-15(29)11-40-21(35)13-3-5-17(31)19(33)7-13;1-2-7-21-18(28)22(10-12-3-5-14(24)16(26)8-12)20(30)23(19(21)29)11-13-4-6-15(25)17(27)9-13;1-19-16(26)20(8-10-2-4-12(22)14(24)6-10)18(28)21(17(19)27)9-11-3-5-13(23)15(25)7-11/h2-7,16-17,30-35H,8-13H2,1H3;2-7,14-15,28-33H,8-11H2,1H3;2-6,8-9,24-27H,1,7,10-11H2;2-7,22-25H,8-9H2,1H3. The maximum Gasteiger partial charge on any atom is 0.338 e. The predicted molar refractivity (Wildman–Crippen MR) is 479 cm³/mol. The third-order valence-corrected chi connectivity index (χ3v) is 20.2. The molecule has 140 heavy (non-hydrogen) atoms. The topological polar surface area (TPSA) is 774 Å². The van der Waals surface area contributed by atoms with E-state index in [1.807, 2.05) is 0 Å². The summed E-state index contributed by atoms with van der Waals surface area (Å²) in [6.45, 7) is -3.04. The number of aromatic hydroxyl groups is 16. The van der Waals surface area contributed by atoms with Crippen molar-refractivity contribution in [2.24, 2.45) is 21.1 Å². The summed E-state index contributed by atoms with van der Waals surface area (Å²) < 4.78 is 27.6. The molecule has 0 spiro atoms. The summed E-state index contributed by atoms with van der Waals surface area (Å²) in [5, 5.41) is 193. The van der Waals surface area contributed by atoms with Crippen LogP contribution in [0.5, 0.6) is 92.0 Å². The van der Waals surface area contributed by atoms with Gasteiger partial charge in [0.05, 0.1) is 82.9 Å². The Bertz CT molecular complexity index is 7120. The summed E-state index contributed by atoms with van der Waals surface area (Å²) in [6.07, 6.45) is -5.59. The van der Waals surface area contributed by atoms with Gasteiger partial charge >= 0.3 is 92.2 Å². The molecule has 12 rings (SSSR count). The molecule has 52 nitrogen and oxygen atoms in total. The number of phenolic OH excluding ortho intramolecular Hbond substituents is 16. The molecule has 8 aromatic carbocycles. The molecular weight excluding hydrogens is 1870 g/mol. The summed E-state index contributed by atoms with van der Waals surface area (Å²) >= 11 is 0. The molecule has 4 unspecified atom stereocenters. The number of carbonyl (C=O) groups excluding carboxylic acids is 4. The minimum atomic E-state index is -1.60. The van der Waals surface area contributed by atoms with Crippen LogP contribution in [0.3, 0.4) is 0 Å². The Hall–Kier alpha value is -18.3. The van der Waals surface area contributed by atoms with Gasteiger partial charge in [0.25, 0.3) is 0 Å². The van der Waals surface area contributed by atoms with Crippen LogP contribution in [-0.2, 0) is 121 Å². The van der Waals surface area contributed by atoms with Crippen LogP contribution in [0.15, 0.2) is 216 Å². The van der Waals surface area contributed by atoms with Crippen LogP contribution in [0.25, 0.3) is 0 Å². The number of hydrogen-bond donors (Lipinski definition) is 20. The summed E-state index contributed by atoms with van der Waals surface area (Å²) in [4.78, 5) is 200. The second-order valence-electron chi connectivity index (χ2n) is 30.6. The van der Waals surface area contributed by atoms with E-state index in [2.05, 4.69) is 6.58 Å². The highest BCUT2D eigenvalue weighted by Gasteiger charge is 2.27.